The highest BCUT2D eigenvalue weighted by molar-refractivity contribution is 7.86. The molecule has 2 bridgehead atoms. The summed E-state index contributed by atoms with van der Waals surface area (Å²) < 4.78 is 50.1. The van der Waals surface area contributed by atoms with Crippen molar-refractivity contribution in [2.45, 2.75) is 50.3 Å². The fourth-order valence-corrected chi connectivity index (χ4v) is 3.23. The summed E-state index contributed by atoms with van der Waals surface area (Å²) in [5.74, 6) is -0.800. The Kier molecular flexibility index (Phi) is 2.75. The number of hydrogen-bond donors (Lipinski definition) is 0. The summed E-state index contributed by atoms with van der Waals surface area (Å²) in [5.41, 5.74) is 0. The molecule has 0 unspecified atom stereocenters. The predicted octanol–water partition coefficient (Wildman–Crippen LogP) is -0.394. The van der Waals surface area contributed by atoms with E-state index in [0.717, 1.165) is 6.26 Å². The molecule has 0 aromatic rings. The summed E-state index contributed by atoms with van der Waals surface area (Å²) in [4.78, 5) is 0. The van der Waals surface area contributed by atoms with Gasteiger partial charge in [0.2, 0.25) is 0 Å². The summed E-state index contributed by atoms with van der Waals surface area (Å²) in [5, 5.41) is 0. The zero-order valence-corrected chi connectivity index (χ0v) is 11.2. The Morgan fingerprint density at radius 2 is 1.89 bits per heavy atom. The molecule has 7 nitrogen and oxygen atoms in total. The van der Waals surface area contributed by atoms with Crippen molar-refractivity contribution in [1.29, 1.82) is 0 Å². The summed E-state index contributed by atoms with van der Waals surface area (Å²) in [7, 11) is -3.60. The van der Waals surface area contributed by atoms with Crippen LogP contribution in [0.1, 0.15) is 13.8 Å². The molecule has 3 aliphatic rings. The molecule has 3 rings (SSSR count). The maximum absolute atomic E-state index is 11.3. The first kappa shape index (κ1) is 12.8. The molecular formula is C10H16O7S. The third-order valence-corrected chi connectivity index (χ3v) is 3.71. The van der Waals surface area contributed by atoms with Gasteiger partial charge in [-0.05, 0) is 13.8 Å². The summed E-state index contributed by atoms with van der Waals surface area (Å²) in [6.07, 6.45) is -1.65. The standard InChI is InChI=1S/C10H16O7S/c1-10(2)15-7-6(17-18(3,11)12)5-4-13-9(14-5)8(7)16-10/h5-9H,4H2,1-3H3/t5-,6-,7+,8+,9+/m0/s1. The number of rotatable bonds is 2. The lowest BCUT2D eigenvalue weighted by Gasteiger charge is -2.33. The van der Waals surface area contributed by atoms with Gasteiger partial charge in [-0.15, -0.1) is 0 Å². The van der Waals surface area contributed by atoms with Crippen molar-refractivity contribution < 1.29 is 31.5 Å². The topological polar surface area (TPSA) is 80.3 Å². The van der Waals surface area contributed by atoms with E-state index in [2.05, 4.69) is 0 Å². The van der Waals surface area contributed by atoms with Gasteiger partial charge >= 0.3 is 0 Å². The molecule has 0 amide bonds. The number of ether oxygens (including phenoxy) is 4. The molecule has 3 heterocycles. The smallest absolute Gasteiger partial charge is 0.264 e. The van der Waals surface area contributed by atoms with Crippen LogP contribution in [0.2, 0.25) is 0 Å². The maximum atomic E-state index is 11.3. The molecule has 3 aliphatic heterocycles. The van der Waals surface area contributed by atoms with Gasteiger partial charge in [-0.3, -0.25) is 4.18 Å². The van der Waals surface area contributed by atoms with Gasteiger partial charge < -0.3 is 18.9 Å². The highest BCUT2D eigenvalue weighted by Crippen LogP contribution is 2.41. The molecule has 8 heteroatoms. The second-order valence-electron chi connectivity index (χ2n) is 5.21. The SMILES string of the molecule is CC1(C)O[C@@H]2[C@@H](OS(C)(=O)=O)[C@@H]3CO[C@H](O3)[C@@H]2O1. The van der Waals surface area contributed by atoms with Gasteiger partial charge in [0.15, 0.2) is 12.1 Å². The van der Waals surface area contributed by atoms with Gasteiger partial charge in [-0.25, -0.2) is 0 Å². The van der Waals surface area contributed by atoms with Gasteiger partial charge in [0.1, 0.15) is 24.4 Å². The van der Waals surface area contributed by atoms with E-state index in [1.54, 1.807) is 13.8 Å². The molecule has 0 aromatic carbocycles. The quantitative estimate of drug-likeness (QED) is 0.637. The summed E-state index contributed by atoms with van der Waals surface area (Å²) >= 11 is 0. The monoisotopic (exact) mass is 280 g/mol. The van der Waals surface area contributed by atoms with Crippen LogP contribution in [0, 0.1) is 0 Å². The lowest BCUT2D eigenvalue weighted by atomic mass is 10.0. The van der Waals surface area contributed by atoms with E-state index in [0.29, 0.717) is 0 Å². The molecule has 3 fully saturated rings. The Morgan fingerprint density at radius 3 is 2.56 bits per heavy atom. The van der Waals surface area contributed by atoms with Gasteiger partial charge in [-0.1, -0.05) is 0 Å². The Morgan fingerprint density at radius 1 is 1.22 bits per heavy atom. The van der Waals surface area contributed by atoms with E-state index in [1.807, 2.05) is 0 Å². The first-order chi connectivity index (χ1) is 8.25. The summed E-state index contributed by atoms with van der Waals surface area (Å²) in [6, 6.07) is 0. The second-order valence-corrected chi connectivity index (χ2v) is 6.81. The van der Waals surface area contributed by atoms with E-state index < -0.39 is 46.6 Å². The fourth-order valence-electron chi connectivity index (χ4n) is 2.60. The van der Waals surface area contributed by atoms with Gasteiger partial charge in [-0.2, -0.15) is 8.42 Å². The lowest BCUT2D eigenvalue weighted by molar-refractivity contribution is -0.195. The van der Waals surface area contributed by atoms with Crippen LogP contribution in [0.25, 0.3) is 0 Å². The number of fused-ring (bicyclic) bond motifs is 4. The largest absolute Gasteiger partial charge is 0.347 e. The van der Waals surface area contributed by atoms with Gasteiger partial charge in [0.25, 0.3) is 10.1 Å². The molecule has 0 spiro atoms. The van der Waals surface area contributed by atoms with Gasteiger partial charge in [0.05, 0.1) is 12.9 Å². The molecule has 18 heavy (non-hydrogen) atoms. The molecule has 0 N–H and O–H groups in total. The zero-order valence-electron chi connectivity index (χ0n) is 10.4. The van der Waals surface area contributed by atoms with Crippen LogP contribution >= 0.6 is 0 Å². The van der Waals surface area contributed by atoms with Crippen molar-refractivity contribution >= 4 is 10.1 Å². The van der Waals surface area contributed by atoms with Crippen molar-refractivity contribution in [2.24, 2.45) is 0 Å². The van der Waals surface area contributed by atoms with Crippen LogP contribution in [0.5, 0.6) is 0 Å². The third-order valence-electron chi connectivity index (χ3n) is 3.14. The Hall–Kier alpha value is -0.250. The van der Waals surface area contributed by atoms with Crippen molar-refractivity contribution in [3.8, 4) is 0 Å². The minimum atomic E-state index is -3.60. The van der Waals surface area contributed by atoms with E-state index in [-0.39, 0.29) is 6.61 Å². The average Bonchev–Trinajstić information content (AvgIpc) is 2.74. The highest BCUT2D eigenvalue weighted by Gasteiger charge is 2.59. The molecular weight excluding hydrogens is 264 g/mol. The Balaban J connectivity index is 1.88. The van der Waals surface area contributed by atoms with Crippen LogP contribution in [0.3, 0.4) is 0 Å². The predicted molar refractivity (Wildman–Crippen MR) is 58.2 cm³/mol. The van der Waals surface area contributed by atoms with E-state index in [9.17, 15) is 8.42 Å². The van der Waals surface area contributed by atoms with Crippen molar-refractivity contribution in [3.05, 3.63) is 0 Å². The minimum absolute atomic E-state index is 0.283. The van der Waals surface area contributed by atoms with E-state index >= 15 is 0 Å². The fraction of sp³-hybridized carbons (Fsp3) is 1.00. The van der Waals surface area contributed by atoms with Crippen LogP contribution < -0.4 is 0 Å². The molecule has 3 saturated heterocycles. The molecule has 5 atom stereocenters. The van der Waals surface area contributed by atoms with Gasteiger partial charge in [0, 0.05) is 0 Å². The molecule has 104 valence electrons. The maximum Gasteiger partial charge on any atom is 0.264 e. The molecule has 0 saturated carbocycles. The third kappa shape index (κ3) is 2.17. The van der Waals surface area contributed by atoms with Crippen LogP contribution in [0.4, 0.5) is 0 Å². The summed E-state index contributed by atoms with van der Waals surface area (Å²) in [6.45, 7) is 3.80. The van der Waals surface area contributed by atoms with Crippen molar-refractivity contribution in [3.63, 3.8) is 0 Å². The normalized spacial score (nSPS) is 46.1. The van der Waals surface area contributed by atoms with Crippen molar-refractivity contribution in [1.82, 2.24) is 0 Å². The highest BCUT2D eigenvalue weighted by atomic mass is 32.2. The van der Waals surface area contributed by atoms with E-state index in [4.69, 9.17) is 23.1 Å². The zero-order chi connectivity index (χ0) is 13.1. The Bertz CT molecular complexity index is 445. The van der Waals surface area contributed by atoms with Crippen LogP contribution in [0.15, 0.2) is 0 Å². The molecule has 0 aliphatic carbocycles. The average molecular weight is 280 g/mol. The lowest BCUT2D eigenvalue weighted by Crippen LogP contribution is -2.53. The Labute approximate surface area is 105 Å². The van der Waals surface area contributed by atoms with E-state index in [1.165, 1.54) is 0 Å². The minimum Gasteiger partial charge on any atom is -0.347 e. The molecule has 0 aromatic heterocycles. The number of hydrogen-bond acceptors (Lipinski definition) is 7. The molecule has 0 radical (unpaired) electrons. The van der Waals surface area contributed by atoms with Crippen LogP contribution in [-0.2, 0) is 33.2 Å². The van der Waals surface area contributed by atoms with Crippen molar-refractivity contribution in [2.75, 3.05) is 12.9 Å². The first-order valence-electron chi connectivity index (χ1n) is 5.76. The first-order valence-corrected chi connectivity index (χ1v) is 7.58. The second kappa shape index (κ2) is 3.87. The van der Waals surface area contributed by atoms with Crippen LogP contribution in [-0.4, -0.2) is 57.8 Å².